The molecule has 0 amide bonds. The molecule has 0 fully saturated rings. The minimum absolute atomic E-state index is 0.604. The minimum atomic E-state index is 0.604. The first kappa shape index (κ1) is 22.5. The fourth-order valence-electron chi connectivity index (χ4n) is 5.45. The summed E-state index contributed by atoms with van der Waals surface area (Å²) < 4.78 is 10.3. The number of benzene rings is 5. The van der Waals surface area contributed by atoms with E-state index in [9.17, 15) is 5.26 Å². The van der Waals surface area contributed by atoms with Crippen molar-refractivity contribution in [3.8, 4) is 38.9 Å². The van der Waals surface area contributed by atoms with Gasteiger partial charge in [-0.1, -0.05) is 84.1 Å². The molecule has 0 saturated carbocycles. The summed E-state index contributed by atoms with van der Waals surface area (Å²) in [6.45, 7) is 2.14. The maximum absolute atomic E-state index is 10.1. The molecule has 7 aromatic rings. The number of para-hydroxylation sites is 1. The summed E-state index contributed by atoms with van der Waals surface area (Å²) in [6.07, 6.45) is 0. The predicted octanol–water partition coefficient (Wildman–Crippen LogP) is 8.81. The van der Waals surface area contributed by atoms with Gasteiger partial charge in [-0.3, -0.25) is 0 Å². The van der Waals surface area contributed by atoms with Crippen LogP contribution in [0.4, 0.5) is 0 Å². The third-order valence-corrected chi connectivity index (χ3v) is 8.59. The lowest BCUT2D eigenvalue weighted by Crippen LogP contribution is -2.28. The van der Waals surface area contributed by atoms with E-state index in [1.165, 1.54) is 10.2 Å². The lowest BCUT2D eigenvalue weighted by atomic mass is 9.94. The van der Waals surface area contributed by atoms with E-state index >= 15 is 0 Å². The fraction of sp³-hybridized carbons (Fsp3) is 0.0588. The number of hydrogen-bond donors (Lipinski definition) is 0. The summed E-state index contributed by atoms with van der Waals surface area (Å²) in [5, 5.41) is 13.3. The second-order valence-electron chi connectivity index (χ2n) is 9.59. The van der Waals surface area contributed by atoms with Crippen LogP contribution in [0.2, 0.25) is 0 Å². The Bertz CT molecular complexity index is 2060. The van der Waals surface area contributed by atoms with Crippen LogP contribution in [0, 0.1) is 18.3 Å². The Kier molecular flexibility index (Phi) is 5.14. The monoisotopic (exact) mass is 507 g/mol. The molecule has 0 unspecified atom stereocenters. The van der Waals surface area contributed by atoms with Gasteiger partial charge in [0, 0.05) is 22.4 Å². The van der Waals surface area contributed by atoms with Crippen molar-refractivity contribution in [1.29, 1.82) is 5.26 Å². The molecule has 3 nitrogen and oxygen atoms in total. The number of nitrogens with zero attached hydrogens (tertiary/aromatic N) is 2. The summed E-state index contributed by atoms with van der Waals surface area (Å²) in [5.74, 6) is 0. The summed E-state index contributed by atoms with van der Waals surface area (Å²) in [6, 6.07) is 37.8. The normalized spacial score (nSPS) is 11.4. The summed E-state index contributed by atoms with van der Waals surface area (Å²) in [4.78, 5) is 0. The molecule has 0 aliphatic heterocycles. The Morgan fingerprint density at radius 3 is 2.18 bits per heavy atom. The number of aryl methyl sites for hydroxylation is 2. The first-order valence-corrected chi connectivity index (χ1v) is 13.4. The van der Waals surface area contributed by atoms with Gasteiger partial charge in [0.15, 0.2) is 5.58 Å². The van der Waals surface area contributed by atoms with Gasteiger partial charge in [-0.25, -0.2) is 0 Å². The fourth-order valence-corrected chi connectivity index (χ4v) is 6.71. The first-order valence-electron chi connectivity index (χ1n) is 12.6. The smallest absolute Gasteiger partial charge is 0.273 e. The summed E-state index contributed by atoms with van der Waals surface area (Å²) in [7, 11) is 2.11. The van der Waals surface area contributed by atoms with Gasteiger partial charge in [0.05, 0.1) is 11.6 Å². The molecular formula is C34H23N2OS+. The van der Waals surface area contributed by atoms with E-state index in [2.05, 4.69) is 91.3 Å². The highest BCUT2D eigenvalue weighted by Gasteiger charge is 2.26. The molecule has 7 rings (SSSR count). The molecule has 0 aliphatic carbocycles. The maximum atomic E-state index is 10.1. The van der Waals surface area contributed by atoms with Crippen LogP contribution < -0.4 is 4.57 Å². The highest BCUT2D eigenvalue weighted by Crippen LogP contribution is 2.43. The highest BCUT2D eigenvalue weighted by molar-refractivity contribution is 7.21. The zero-order valence-corrected chi connectivity index (χ0v) is 21.8. The van der Waals surface area contributed by atoms with E-state index < -0.39 is 0 Å². The Labute approximate surface area is 224 Å². The van der Waals surface area contributed by atoms with E-state index in [4.69, 9.17) is 4.42 Å². The molecule has 0 spiro atoms. The third-order valence-electron chi connectivity index (χ3n) is 7.35. The van der Waals surface area contributed by atoms with Crippen molar-refractivity contribution in [1.82, 2.24) is 0 Å². The van der Waals surface area contributed by atoms with Gasteiger partial charge in [0.1, 0.15) is 22.9 Å². The van der Waals surface area contributed by atoms with Crippen LogP contribution >= 0.6 is 11.3 Å². The third kappa shape index (κ3) is 3.37. The zero-order chi connectivity index (χ0) is 25.8. The number of aromatic nitrogens is 1. The van der Waals surface area contributed by atoms with Crippen molar-refractivity contribution in [2.75, 3.05) is 0 Å². The molecule has 4 heteroatoms. The molecule has 0 bridgehead atoms. The van der Waals surface area contributed by atoms with E-state index in [1.807, 2.05) is 36.4 Å². The van der Waals surface area contributed by atoms with Gasteiger partial charge in [-0.05, 0) is 53.4 Å². The number of hydrogen-bond acceptors (Lipinski definition) is 3. The molecule has 0 N–H and O–H groups in total. The predicted molar refractivity (Wildman–Crippen MR) is 156 cm³/mol. The summed E-state index contributed by atoms with van der Waals surface area (Å²) >= 11 is 1.77. The van der Waals surface area contributed by atoms with Crippen LogP contribution in [-0.4, -0.2) is 0 Å². The Hall–Kier alpha value is -4.72. The lowest BCUT2D eigenvalue weighted by molar-refractivity contribution is -0.629. The average molecular weight is 508 g/mol. The highest BCUT2D eigenvalue weighted by atomic mass is 32.1. The molecular weight excluding hydrogens is 484 g/mol. The van der Waals surface area contributed by atoms with Crippen molar-refractivity contribution < 1.29 is 8.98 Å². The van der Waals surface area contributed by atoms with Crippen molar-refractivity contribution in [3.63, 3.8) is 0 Å². The Morgan fingerprint density at radius 1 is 0.711 bits per heavy atom. The molecule has 180 valence electrons. The minimum Gasteiger partial charge on any atom is -0.454 e. The van der Waals surface area contributed by atoms with Crippen molar-refractivity contribution in [2.45, 2.75) is 6.92 Å². The number of rotatable bonds is 3. The quantitative estimate of drug-likeness (QED) is 0.224. The SMILES string of the molecule is Cc1ccc2c(oc3c(-c4cccc(-c5ccccc5)c4)c(C#N)ccc32)c1-c1sc2ccccc2[n+]1C. The van der Waals surface area contributed by atoms with E-state index in [0.29, 0.717) is 5.56 Å². The van der Waals surface area contributed by atoms with Crippen molar-refractivity contribution >= 4 is 43.5 Å². The van der Waals surface area contributed by atoms with Crippen LogP contribution in [0.1, 0.15) is 11.1 Å². The number of fused-ring (bicyclic) bond motifs is 4. The van der Waals surface area contributed by atoms with Crippen LogP contribution in [-0.2, 0) is 7.05 Å². The number of thiazole rings is 1. The molecule has 2 heterocycles. The number of furan rings is 1. The second kappa shape index (κ2) is 8.69. The number of nitriles is 1. The molecule has 5 aromatic carbocycles. The van der Waals surface area contributed by atoms with Gasteiger partial charge < -0.3 is 4.42 Å². The van der Waals surface area contributed by atoms with Gasteiger partial charge in [0.2, 0.25) is 5.52 Å². The lowest BCUT2D eigenvalue weighted by Gasteiger charge is -2.08. The second-order valence-corrected chi connectivity index (χ2v) is 10.6. The van der Waals surface area contributed by atoms with E-state index in [-0.39, 0.29) is 0 Å². The Morgan fingerprint density at radius 2 is 1.39 bits per heavy atom. The van der Waals surface area contributed by atoms with Gasteiger partial charge in [0.25, 0.3) is 5.01 Å². The molecule has 0 atom stereocenters. The molecule has 0 radical (unpaired) electrons. The van der Waals surface area contributed by atoms with Gasteiger partial charge >= 0.3 is 0 Å². The van der Waals surface area contributed by atoms with Crippen molar-refractivity contribution in [2.24, 2.45) is 7.05 Å². The van der Waals surface area contributed by atoms with Crippen LogP contribution in [0.5, 0.6) is 0 Å². The average Bonchev–Trinajstić information content (AvgIpc) is 3.50. The van der Waals surface area contributed by atoms with Crippen molar-refractivity contribution in [3.05, 3.63) is 114 Å². The van der Waals surface area contributed by atoms with Gasteiger partial charge in [-0.15, -0.1) is 0 Å². The van der Waals surface area contributed by atoms with Crippen LogP contribution in [0.15, 0.2) is 108 Å². The molecule has 0 saturated heterocycles. The van der Waals surface area contributed by atoms with Gasteiger partial charge in [-0.2, -0.15) is 9.83 Å². The summed E-state index contributed by atoms with van der Waals surface area (Å²) in [5.41, 5.74) is 9.72. The standard InChI is InChI=1S/C34H23N2OS/c1-21-15-17-26-27-18-16-25(20-35)31(24-12-8-11-23(19-24)22-9-4-3-5-10-22)33(27)37-32(26)30(21)34-36(2)28-13-6-7-14-29(28)38-34/h3-19H,1-2H3/q+1. The largest absolute Gasteiger partial charge is 0.454 e. The first-order chi connectivity index (χ1) is 18.6. The topological polar surface area (TPSA) is 40.8 Å². The van der Waals surface area contributed by atoms with Crippen LogP contribution in [0.25, 0.3) is 65.0 Å². The molecule has 2 aromatic heterocycles. The molecule has 38 heavy (non-hydrogen) atoms. The Balaban J connectivity index is 1.53. The molecule has 0 aliphatic rings. The van der Waals surface area contributed by atoms with E-state index in [1.54, 1.807) is 11.3 Å². The van der Waals surface area contributed by atoms with E-state index in [0.717, 1.165) is 60.3 Å². The van der Waals surface area contributed by atoms with Crippen LogP contribution in [0.3, 0.4) is 0 Å². The zero-order valence-electron chi connectivity index (χ0n) is 21.0. The maximum Gasteiger partial charge on any atom is 0.273 e.